The second kappa shape index (κ2) is 8.11. The van der Waals surface area contributed by atoms with Gasteiger partial charge >= 0.3 is 0 Å². The van der Waals surface area contributed by atoms with Crippen molar-refractivity contribution in [3.63, 3.8) is 0 Å². The molecule has 0 spiro atoms. The van der Waals surface area contributed by atoms with E-state index in [0.717, 1.165) is 24.5 Å². The second-order valence-electron chi connectivity index (χ2n) is 7.70. The van der Waals surface area contributed by atoms with Crippen LogP contribution in [0, 0.1) is 5.92 Å². The fourth-order valence-electron chi connectivity index (χ4n) is 3.94. The molecule has 1 aliphatic carbocycles. The molecule has 28 heavy (non-hydrogen) atoms. The average molecular weight is 394 g/mol. The highest BCUT2D eigenvalue weighted by Gasteiger charge is 2.35. The molecular formula is C20H25F3N4O. The van der Waals surface area contributed by atoms with Crippen LogP contribution in [0.3, 0.4) is 0 Å². The Kier molecular flexibility index (Phi) is 5.57. The van der Waals surface area contributed by atoms with Crippen LogP contribution in [0.2, 0.25) is 0 Å². The first kappa shape index (κ1) is 19.2. The lowest BCUT2D eigenvalue weighted by molar-refractivity contribution is -0.0457. The Hall–Kier alpha value is -2.09. The molecule has 152 valence electrons. The van der Waals surface area contributed by atoms with Gasteiger partial charge in [-0.3, -0.25) is 0 Å². The monoisotopic (exact) mass is 394 g/mol. The van der Waals surface area contributed by atoms with Crippen molar-refractivity contribution >= 4 is 5.69 Å². The summed E-state index contributed by atoms with van der Waals surface area (Å²) < 4.78 is 46.9. The van der Waals surface area contributed by atoms with Crippen LogP contribution in [0.4, 0.5) is 18.9 Å². The summed E-state index contributed by atoms with van der Waals surface area (Å²) in [7, 11) is 0. The van der Waals surface area contributed by atoms with E-state index >= 15 is 0 Å². The summed E-state index contributed by atoms with van der Waals surface area (Å²) in [6.07, 6.45) is 4.72. The van der Waals surface area contributed by atoms with Gasteiger partial charge in [0, 0.05) is 55.1 Å². The van der Waals surface area contributed by atoms with Crippen LogP contribution in [0.15, 0.2) is 24.5 Å². The number of morpholine rings is 1. The fourth-order valence-corrected chi connectivity index (χ4v) is 3.94. The summed E-state index contributed by atoms with van der Waals surface area (Å²) in [5.41, 5.74) is 2.38. The van der Waals surface area contributed by atoms with E-state index in [9.17, 15) is 13.2 Å². The van der Waals surface area contributed by atoms with Crippen molar-refractivity contribution in [2.75, 3.05) is 31.2 Å². The summed E-state index contributed by atoms with van der Waals surface area (Å²) in [4.78, 5) is 6.94. The minimum Gasteiger partial charge on any atom is -0.378 e. The summed E-state index contributed by atoms with van der Waals surface area (Å²) in [6.45, 7) is 2.32. The molecule has 0 bridgehead atoms. The number of nitrogens with zero attached hydrogens (tertiary/aromatic N) is 4. The van der Waals surface area contributed by atoms with E-state index in [0.29, 0.717) is 43.9 Å². The number of ether oxygens (including phenoxy) is 1. The van der Waals surface area contributed by atoms with Gasteiger partial charge < -0.3 is 9.64 Å². The summed E-state index contributed by atoms with van der Waals surface area (Å²) in [5.74, 6) is -1.69. The first-order valence-electron chi connectivity index (χ1n) is 9.84. The number of hydrogen-bond donors (Lipinski definition) is 0. The third kappa shape index (κ3) is 4.48. The van der Waals surface area contributed by atoms with Crippen LogP contribution >= 0.6 is 0 Å². The van der Waals surface area contributed by atoms with Gasteiger partial charge in [-0.25, -0.2) is 22.8 Å². The summed E-state index contributed by atoms with van der Waals surface area (Å²) in [6, 6.07) is 3.99. The molecule has 1 saturated carbocycles. The molecule has 4 rings (SSSR count). The average Bonchev–Trinajstić information content (AvgIpc) is 3.19. The number of rotatable bonds is 5. The largest absolute Gasteiger partial charge is 0.378 e. The number of anilines is 1. The van der Waals surface area contributed by atoms with Gasteiger partial charge in [0.1, 0.15) is 6.67 Å². The van der Waals surface area contributed by atoms with Crippen LogP contribution < -0.4 is 4.90 Å². The van der Waals surface area contributed by atoms with Crippen molar-refractivity contribution in [1.82, 2.24) is 14.8 Å². The maximum atomic E-state index is 13.5. The topological polar surface area (TPSA) is 43.2 Å². The molecule has 2 aromatic rings. The minimum atomic E-state index is -2.53. The third-order valence-electron chi connectivity index (χ3n) is 5.59. The highest BCUT2D eigenvalue weighted by atomic mass is 19.3. The molecule has 0 unspecified atom stereocenters. The zero-order chi connectivity index (χ0) is 19.6. The normalized spacial score (nSPS) is 20.5. The zero-order valence-electron chi connectivity index (χ0n) is 15.8. The van der Waals surface area contributed by atoms with Gasteiger partial charge in [-0.15, -0.1) is 0 Å². The van der Waals surface area contributed by atoms with Crippen LogP contribution in [0.5, 0.6) is 0 Å². The molecule has 0 amide bonds. The Bertz CT molecular complexity index is 794. The van der Waals surface area contributed by atoms with Crippen molar-refractivity contribution in [3.05, 3.63) is 35.8 Å². The molecule has 2 fully saturated rings. The summed E-state index contributed by atoms with van der Waals surface area (Å²) in [5, 5.41) is 4.22. The van der Waals surface area contributed by atoms with E-state index in [4.69, 9.17) is 9.72 Å². The molecule has 5 nitrogen and oxygen atoms in total. The summed E-state index contributed by atoms with van der Waals surface area (Å²) >= 11 is 0. The molecule has 0 atom stereocenters. The van der Waals surface area contributed by atoms with E-state index in [-0.39, 0.29) is 18.8 Å². The maximum Gasteiger partial charge on any atom is 0.248 e. The first-order valence-corrected chi connectivity index (χ1v) is 9.84. The Morgan fingerprint density at radius 3 is 2.57 bits per heavy atom. The Balaban J connectivity index is 1.59. The lowest BCUT2D eigenvalue weighted by Crippen LogP contribution is -2.36. The molecule has 1 saturated heterocycles. The third-order valence-corrected chi connectivity index (χ3v) is 5.59. The lowest BCUT2D eigenvalue weighted by Gasteiger charge is -2.30. The Morgan fingerprint density at radius 2 is 1.89 bits per heavy atom. The van der Waals surface area contributed by atoms with E-state index in [1.807, 2.05) is 12.1 Å². The SMILES string of the molecule is FCc1cnn(-c2cc(N3CCOCC3)cc(CC3CCC(F)(F)CC3)n2)c1. The van der Waals surface area contributed by atoms with Gasteiger partial charge in [-0.1, -0.05) is 0 Å². The quantitative estimate of drug-likeness (QED) is 0.771. The Labute approximate surface area is 162 Å². The van der Waals surface area contributed by atoms with Crippen molar-refractivity contribution in [2.45, 2.75) is 44.7 Å². The van der Waals surface area contributed by atoms with E-state index in [2.05, 4.69) is 10.00 Å². The first-order chi connectivity index (χ1) is 13.5. The predicted molar refractivity (Wildman–Crippen MR) is 99.8 cm³/mol. The molecule has 2 aliphatic rings. The van der Waals surface area contributed by atoms with Gasteiger partial charge in [0.2, 0.25) is 5.92 Å². The van der Waals surface area contributed by atoms with Gasteiger partial charge in [0.05, 0.1) is 19.4 Å². The Morgan fingerprint density at radius 1 is 1.14 bits per heavy atom. The smallest absolute Gasteiger partial charge is 0.248 e. The van der Waals surface area contributed by atoms with Crippen LogP contribution in [-0.2, 0) is 17.8 Å². The van der Waals surface area contributed by atoms with E-state index in [1.165, 1.54) is 6.20 Å². The van der Waals surface area contributed by atoms with Gasteiger partial charge in [-0.05, 0) is 31.2 Å². The van der Waals surface area contributed by atoms with Crippen molar-refractivity contribution in [1.29, 1.82) is 0 Å². The predicted octanol–water partition coefficient (Wildman–Crippen LogP) is 3.94. The number of alkyl halides is 3. The van der Waals surface area contributed by atoms with Gasteiger partial charge in [-0.2, -0.15) is 5.10 Å². The molecule has 0 radical (unpaired) electrons. The maximum absolute atomic E-state index is 13.5. The standard InChI is InChI=1S/C20H25F3N4O/c21-12-16-13-24-27(14-16)19-11-18(26-5-7-28-8-6-26)10-17(25-19)9-15-1-3-20(22,23)4-2-15/h10-11,13-15H,1-9,12H2. The fraction of sp³-hybridized carbons (Fsp3) is 0.600. The number of aromatic nitrogens is 3. The van der Waals surface area contributed by atoms with Crippen molar-refractivity contribution in [2.24, 2.45) is 5.92 Å². The van der Waals surface area contributed by atoms with Crippen molar-refractivity contribution < 1.29 is 17.9 Å². The minimum absolute atomic E-state index is 0.0489. The number of pyridine rings is 1. The molecule has 0 aromatic carbocycles. The highest BCUT2D eigenvalue weighted by Crippen LogP contribution is 2.37. The molecule has 0 N–H and O–H groups in total. The number of halogens is 3. The zero-order valence-corrected chi connectivity index (χ0v) is 15.8. The second-order valence-corrected chi connectivity index (χ2v) is 7.70. The molecule has 1 aliphatic heterocycles. The molecule has 3 heterocycles. The van der Waals surface area contributed by atoms with Crippen LogP contribution in [0.25, 0.3) is 5.82 Å². The molecule has 2 aromatic heterocycles. The van der Waals surface area contributed by atoms with Crippen LogP contribution in [-0.4, -0.2) is 47.0 Å². The van der Waals surface area contributed by atoms with E-state index < -0.39 is 12.6 Å². The van der Waals surface area contributed by atoms with Gasteiger partial charge in [0.25, 0.3) is 0 Å². The molecular weight excluding hydrogens is 369 g/mol. The van der Waals surface area contributed by atoms with Gasteiger partial charge in [0.15, 0.2) is 5.82 Å². The highest BCUT2D eigenvalue weighted by molar-refractivity contribution is 5.52. The lowest BCUT2D eigenvalue weighted by atomic mass is 9.84. The van der Waals surface area contributed by atoms with Crippen molar-refractivity contribution in [3.8, 4) is 5.82 Å². The van der Waals surface area contributed by atoms with Crippen LogP contribution in [0.1, 0.15) is 36.9 Å². The molecule has 8 heteroatoms. The number of hydrogen-bond acceptors (Lipinski definition) is 4. The van der Waals surface area contributed by atoms with E-state index in [1.54, 1.807) is 10.9 Å².